The fraction of sp³-hybridized carbons (Fsp3) is 0.533. The lowest BCUT2D eigenvalue weighted by Gasteiger charge is -2.23. The SMILES string of the molecule is N#CC1CCCN1C(=O)[C@@H]1C[C@H](Oc2ccncc2)CN1. The van der Waals surface area contributed by atoms with Gasteiger partial charge >= 0.3 is 0 Å². The van der Waals surface area contributed by atoms with Gasteiger partial charge in [0.25, 0.3) is 0 Å². The van der Waals surface area contributed by atoms with Crippen molar-refractivity contribution in [1.29, 1.82) is 5.26 Å². The number of amides is 1. The summed E-state index contributed by atoms with van der Waals surface area (Å²) in [7, 11) is 0. The molecule has 110 valence electrons. The third-order valence-corrected chi connectivity index (χ3v) is 4.03. The van der Waals surface area contributed by atoms with Gasteiger partial charge in [-0.15, -0.1) is 0 Å². The Morgan fingerprint density at radius 2 is 2.29 bits per heavy atom. The second-order valence-corrected chi connectivity index (χ2v) is 5.44. The summed E-state index contributed by atoms with van der Waals surface area (Å²) in [6.07, 6.45) is 5.67. The molecule has 2 fully saturated rings. The van der Waals surface area contributed by atoms with Crippen molar-refractivity contribution in [3.05, 3.63) is 24.5 Å². The Bertz CT molecular complexity index is 542. The summed E-state index contributed by atoms with van der Waals surface area (Å²) < 4.78 is 5.83. The molecule has 0 saturated carbocycles. The molecule has 0 radical (unpaired) electrons. The summed E-state index contributed by atoms with van der Waals surface area (Å²) in [5.74, 6) is 0.792. The summed E-state index contributed by atoms with van der Waals surface area (Å²) in [4.78, 5) is 18.1. The predicted octanol–water partition coefficient (Wildman–Crippen LogP) is 0.705. The zero-order valence-corrected chi connectivity index (χ0v) is 11.7. The number of likely N-dealkylation sites (tertiary alicyclic amines) is 1. The average Bonchev–Trinajstić information content (AvgIpc) is 3.16. The number of carbonyl (C=O) groups excluding carboxylic acids is 1. The van der Waals surface area contributed by atoms with Gasteiger partial charge in [-0.1, -0.05) is 0 Å². The normalized spacial score (nSPS) is 28.3. The van der Waals surface area contributed by atoms with Crippen LogP contribution in [0.3, 0.4) is 0 Å². The second-order valence-electron chi connectivity index (χ2n) is 5.44. The van der Waals surface area contributed by atoms with E-state index in [-0.39, 0.29) is 24.1 Å². The standard InChI is InChI=1S/C15H18N4O2/c16-9-11-2-1-7-19(11)15(20)14-8-13(10-18-14)21-12-3-5-17-6-4-12/h3-6,11,13-14,18H,1-2,7-8,10H2/t11?,13-,14-/m0/s1. The van der Waals surface area contributed by atoms with Crippen LogP contribution in [0.2, 0.25) is 0 Å². The molecule has 2 saturated heterocycles. The van der Waals surface area contributed by atoms with E-state index in [4.69, 9.17) is 10.00 Å². The molecule has 6 nitrogen and oxygen atoms in total. The van der Waals surface area contributed by atoms with E-state index in [2.05, 4.69) is 16.4 Å². The molecule has 0 aromatic carbocycles. The van der Waals surface area contributed by atoms with E-state index >= 15 is 0 Å². The number of nitriles is 1. The van der Waals surface area contributed by atoms with Gasteiger partial charge in [0.05, 0.1) is 12.1 Å². The Balaban J connectivity index is 1.57. The highest BCUT2D eigenvalue weighted by Gasteiger charge is 2.37. The Kier molecular flexibility index (Phi) is 4.02. The zero-order chi connectivity index (χ0) is 14.7. The largest absolute Gasteiger partial charge is 0.489 e. The van der Waals surface area contributed by atoms with Crippen molar-refractivity contribution in [3.63, 3.8) is 0 Å². The molecule has 0 aliphatic carbocycles. The van der Waals surface area contributed by atoms with Crippen LogP contribution < -0.4 is 10.1 Å². The van der Waals surface area contributed by atoms with Gasteiger partial charge < -0.3 is 15.0 Å². The molecule has 6 heteroatoms. The maximum absolute atomic E-state index is 12.5. The monoisotopic (exact) mass is 286 g/mol. The third-order valence-electron chi connectivity index (χ3n) is 4.03. The maximum Gasteiger partial charge on any atom is 0.240 e. The summed E-state index contributed by atoms with van der Waals surface area (Å²) in [5.41, 5.74) is 0. The molecule has 0 bridgehead atoms. The third kappa shape index (κ3) is 2.98. The Morgan fingerprint density at radius 3 is 3.05 bits per heavy atom. The number of carbonyl (C=O) groups is 1. The number of ether oxygens (including phenoxy) is 1. The molecular weight excluding hydrogens is 268 g/mol. The molecule has 1 aromatic rings. The Hall–Kier alpha value is -2.13. The van der Waals surface area contributed by atoms with Crippen LogP contribution in [0.4, 0.5) is 0 Å². The second kappa shape index (κ2) is 6.10. The molecule has 3 heterocycles. The minimum atomic E-state index is -0.264. The molecule has 21 heavy (non-hydrogen) atoms. The summed E-state index contributed by atoms with van der Waals surface area (Å²) in [6.45, 7) is 1.33. The predicted molar refractivity (Wildman–Crippen MR) is 75.4 cm³/mol. The smallest absolute Gasteiger partial charge is 0.240 e. The summed E-state index contributed by atoms with van der Waals surface area (Å²) in [5, 5.41) is 12.3. The van der Waals surface area contributed by atoms with E-state index in [9.17, 15) is 4.79 Å². The molecule has 1 N–H and O–H groups in total. The van der Waals surface area contributed by atoms with Crippen LogP contribution in [-0.2, 0) is 4.79 Å². The number of hydrogen-bond acceptors (Lipinski definition) is 5. The number of aromatic nitrogens is 1. The van der Waals surface area contributed by atoms with E-state index in [1.165, 1.54) is 0 Å². The van der Waals surface area contributed by atoms with Gasteiger partial charge in [0.1, 0.15) is 17.9 Å². The van der Waals surface area contributed by atoms with Gasteiger partial charge in [0.2, 0.25) is 5.91 Å². The van der Waals surface area contributed by atoms with Crippen molar-refractivity contribution < 1.29 is 9.53 Å². The summed E-state index contributed by atoms with van der Waals surface area (Å²) in [6, 6.07) is 5.31. The van der Waals surface area contributed by atoms with Gasteiger partial charge in [-0.05, 0) is 25.0 Å². The number of pyridine rings is 1. The van der Waals surface area contributed by atoms with Crippen molar-refractivity contribution in [1.82, 2.24) is 15.2 Å². The lowest BCUT2D eigenvalue weighted by atomic mass is 10.1. The van der Waals surface area contributed by atoms with Crippen molar-refractivity contribution in [2.45, 2.75) is 37.5 Å². The minimum absolute atomic E-state index is 0.0236. The Morgan fingerprint density at radius 1 is 1.48 bits per heavy atom. The number of nitrogens with one attached hydrogen (secondary N) is 1. The molecule has 1 amide bonds. The van der Waals surface area contributed by atoms with Gasteiger partial charge in [-0.3, -0.25) is 9.78 Å². The zero-order valence-electron chi connectivity index (χ0n) is 11.7. The van der Waals surface area contributed by atoms with E-state index in [1.807, 2.05) is 0 Å². The number of nitrogens with zero attached hydrogens (tertiary/aromatic N) is 3. The molecule has 3 atom stereocenters. The molecule has 0 spiro atoms. The fourth-order valence-corrected chi connectivity index (χ4v) is 2.96. The lowest BCUT2D eigenvalue weighted by molar-refractivity contribution is -0.133. The molecule has 2 aliphatic rings. The van der Waals surface area contributed by atoms with Crippen molar-refractivity contribution >= 4 is 5.91 Å². The van der Waals surface area contributed by atoms with Crippen molar-refractivity contribution in [2.24, 2.45) is 0 Å². The van der Waals surface area contributed by atoms with Crippen LogP contribution in [0.15, 0.2) is 24.5 Å². The highest BCUT2D eigenvalue weighted by atomic mass is 16.5. The lowest BCUT2D eigenvalue weighted by Crippen LogP contribution is -2.45. The van der Waals surface area contributed by atoms with Gasteiger partial charge in [-0.25, -0.2) is 0 Å². The molecule has 1 aromatic heterocycles. The van der Waals surface area contributed by atoms with Gasteiger partial charge in [0, 0.05) is 31.9 Å². The Labute approximate surface area is 123 Å². The quantitative estimate of drug-likeness (QED) is 0.885. The highest BCUT2D eigenvalue weighted by Crippen LogP contribution is 2.22. The van der Waals surface area contributed by atoms with E-state index in [1.54, 1.807) is 29.4 Å². The van der Waals surface area contributed by atoms with Crippen LogP contribution in [0.1, 0.15) is 19.3 Å². The van der Waals surface area contributed by atoms with Crippen LogP contribution in [0, 0.1) is 11.3 Å². The number of hydrogen-bond donors (Lipinski definition) is 1. The first-order valence-electron chi connectivity index (χ1n) is 7.28. The van der Waals surface area contributed by atoms with Crippen LogP contribution >= 0.6 is 0 Å². The van der Waals surface area contributed by atoms with E-state index in [0.29, 0.717) is 19.5 Å². The first kappa shape index (κ1) is 13.8. The maximum atomic E-state index is 12.5. The highest BCUT2D eigenvalue weighted by molar-refractivity contribution is 5.83. The first-order chi connectivity index (χ1) is 10.3. The molecule has 3 rings (SSSR count). The summed E-state index contributed by atoms with van der Waals surface area (Å²) >= 11 is 0. The fourth-order valence-electron chi connectivity index (χ4n) is 2.96. The van der Waals surface area contributed by atoms with Gasteiger partial charge in [-0.2, -0.15) is 5.26 Å². The average molecular weight is 286 g/mol. The topological polar surface area (TPSA) is 78.2 Å². The van der Waals surface area contributed by atoms with Crippen LogP contribution in [0.5, 0.6) is 5.75 Å². The van der Waals surface area contributed by atoms with Crippen LogP contribution in [-0.4, -0.2) is 47.1 Å². The number of rotatable bonds is 3. The van der Waals surface area contributed by atoms with Crippen molar-refractivity contribution in [3.8, 4) is 11.8 Å². The molecule has 1 unspecified atom stereocenters. The minimum Gasteiger partial charge on any atom is -0.489 e. The van der Waals surface area contributed by atoms with Crippen LogP contribution in [0.25, 0.3) is 0 Å². The molecular formula is C15H18N4O2. The van der Waals surface area contributed by atoms with E-state index in [0.717, 1.165) is 18.6 Å². The van der Waals surface area contributed by atoms with E-state index < -0.39 is 0 Å². The van der Waals surface area contributed by atoms with Gasteiger partial charge in [0.15, 0.2) is 0 Å². The molecule has 2 aliphatic heterocycles. The first-order valence-corrected chi connectivity index (χ1v) is 7.28. The van der Waals surface area contributed by atoms with Crippen molar-refractivity contribution in [2.75, 3.05) is 13.1 Å².